The third-order valence-electron chi connectivity index (χ3n) is 6.33. The monoisotopic (exact) mass is 429 g/mol. The molecule has 0 spiro atoms. The minimum atomic E-state index is 0.770. The summed E-state index contributed by atoms with van der Waals surface area (Å²) in [6, 6.07) is 6.51. The first-order valence-electron chi connectivity index (χ1n) is 11.8. The van der Waals surface area contributed by atoms with Gasteiger partial charge in [-0.05, 0) is 94.0 Å². The smallest absolute Gasteiger partial charge is 0.173 e. The summed E-state index contributed by atoms with van der Waals surface area (Å²) in [5.74, 6) is 1.77. The van der Waals surface area contributed by atoms with Crippen molar-refractivity contribution in [1.29, 1.82) is 0 Å². The Morgan fingerprint density at radius 2 is 2.10 bits per heavy atom. The SMILES string of the molecule is C=CCN(C)CCCCOc1ccc2c(c1)CCCN2C(=S)NCC1CCCCC1. The molecule has 1 aliphatic heterocycles. The van der Waals surface area contributed by atoms with E-state index in [1.807, 2.05) is 6.08 Å². The van der Waals surface area contributed by atoms with Gasteiger partial charge in [0.15, 0.2) is 5.11 Å². The molecule has 0 unspecified atom stereocenters. The highest BCUT2D eigenvalue weighted by molar-refractivity contribution is 7.80. The van der Waals surface area contributed by atoms with E-state index in [9.17, 15) is 0 Å². The molecule has 1 saturated carbocycles. The molecule has 0 bridgehead atoms. The molecule has 1 aromatic rings. The molecule has 0 aromatic heterocycles. The third-order valence-corrected chi connectivity index (χ3v) is 6.69. The Bertz CT molecular complexity index is 687. The second-order valence-corrected chi connectivity index (χ2v) is 9.23. The first-order valence-corrected chi connectivity index (χ1v) is 12.2. The van der Waals surface area contributed by atoms with Crippen LogP contribution in [0.1, 0.15) is 56.9 Å². The van der Waals surface area contributed by atoms with Crippen LogP contribution in [0.15, 0.2) is 30.9 Å². The Morgan fingerprint density at radius 1 is 1.27 bits per heavy atom. The number of nitrogens with zero attached hydrogens (tertiary/aromatic N) is 2. The molecule has 0 saturated heterocycles. The highest BCUT2D eigenvalue weighted by Gasteiger charge is 2.22. The maximum Gasteiger partial charge on any atom is 0.173 e. The maximum atomic E-state index is 6.03. The van der Waals surface area contributed by atoms with Crippen LogP contribution in [0.3, 0.4) is 0 Å². The molecule has 1 fully saturated rings. The van der Waals surface area contributed by atoms with E-state index in [4.69, 9.17) is 17.0 Å². The van der Waals surface area contributed by atoms with Crippen LogP contribution in [0.2, 0.25) is 0 Å². The molecule has 3 rings (SSSR count). The van der Waals surface area contributed by atoms with Gasteiger partial charge in [-0.2, -0.15) is 0 Å². The Morgan fingerprint density at radius 3 is 2.90 bits per heavy atom. The summed E-state index contributed by atoms with van der Waals surface area (Å²) in [7, 11) is 2.13. The van der Waals surface area contributed by atoms with Crippen LogP contribution >= 0.6 is 12.2 Å². The summed E-state index contributed by atoms with van der Waals surface area (Å²) in [5.41, 5.74) is 2.60. The van der Waals surface area contributed by atoms with Crippen LogP contribution in [0, 0.1) is 5.92 Å². The molecule has 1 aliphatic carbocycles. The number of hydrogen-bond donors (Lipinski definition) is 1. The number of unbranched alkanes of at least 4 members (excludes halogenated alkanes) is 1. The molecular formula is C25H39N3OS. The van der Waals surface area contributed by atoms with Crippen molar-refractivity contribution in [2.24, 2.45) is 5.92 Å². The lowest BCUT2D eigenvalue weighted by Gasteiger charge is -2.33. The van der Waals surface area contributed by atoms with E-state index < -0.39 is 0 Å². The number of benzene rings is 1. The molecule has 2 aliphatic rings. The van der Waals surface area contributed by atoms with Gasteiger partial charge in [-0.1, -0.05) is 25.3 Å². The van der Waals surface area contributed by atoms with E-state index in [2.05, 4.69) is 46.9 Å². The standard InChI is InChI=1S/C25H39N3OS/c1-3-15-27(2)16-7-8-18-29-23-13-14-24-22(19-23)12-9-17-28(24)25(30)26-20-21-10-5-4-6-11-21/h3,13-14,19,21H,1,4-12,15-18,20H2,2H3,(H,26,30). The Balaban J connectivity index is 1.46. The molecule has 0 radical (unpaired) electrons. The van der Waals surface area contributed by atoms with Gasteiger partial charge in [-0.15, -0.1) is 6.58 Å². The molecule has 1 heterocycles. The molecule has 0 atom stereocenters. The minimum Gasteiger partial charge on any atom is -0.494 e. The number of thiocarbonyl (C=S) groups is 1. The summed E-state index contributed by atoms with van der Waals surface area (Å²) in [4.78, 5) is 4.57. The lowest BCUT2D eigenvalue weighted by Crippen LogP contribution is -2.44. The average molecular weight is 430 g/mol. The van der Waals surface area contributed by atoms with Gasteiger partial charge in [0.2, 0.25) is 0 Å². The normalized spacial score (nSPS) is 16.9. The third kappa shape index (κ3) is 6.98. The van der Waals surface area contributed by atoms with Crippen LogP contribution in [0.5, 0.6) is 5.75 Å². The van der Waals surface area contributed by atoms with E-state index in [0.717, 1.165) is 75.2 Å². The number of hydrogen-bond acceptors (Lipinski definition) is 3. The molecule has 4 nitrogen and oxygen atoms in total. The number of ether oxygens (including phenoxy) is 1. The van der Waals surface area contributed by atoms with E-state index >= 15 is 0 Å². The molecule has 1 aromatic carbocycles. The first-order chi connectivity index (χ1) is 14.7. The fourth-order valence-corrected chi connectivity index (χ4v) is 4.85. The average Bonchev–Trinajstić information content (AvgIpc) is 2.77. The van der Waals surface area contributed by atoms with Crippen molar-refractivity contribution in [1.82, 2.24) is 10.2 Å². The topological polar surface area (TPSA) is 27.7 Å². The summed E-state index contributed by atoms with van der Waals surface area (Å²) < 4.78 is 6.03. The highest BCUT2D eigenvalue weighted by Crippen LogP contribution is 2.31. The van der Waals surface area contributed by atoms with E-state index in [0.29, 0.717) is 0 Å². The highest BCUT2D eigenvalue weighted by atomic mass is 32.1. The van der Waals surface area contributed by atoms with Crippen molar-refractivity contribution < 1.29 is 4.74 Å². The predicted octanol–water partition coefficient (Wildman–Crippen LogP) is 5.17. The zero-order valence-corrected chi connectivity index (χ0v) is 19.5. The summed E-state index contributed by atoms with van der Waals surface area (Å²) in [6.07, 6.45) is 13.2. The van der Waals surface area contributed by atoms with Gasteiger partial charge < -0.3 is 19.9 Å². The summed E-state index contributed by atoms with van der Waals surface area (Å²) >= 11 is 5.76. The van der Waals surface area contributed by atoms with Gasteiger partial charge in [0.25, 0.3) is 0 Å². The summed E-state index contributed by atoms with van der Waals surface area (Å²) in [6.45, 7) is 8.61. The lowest BCUT2D eigenvalue weighted by atomic mass is 9.89. The Hall–Kier alpha value is -1.59. The van der Waals surface area contributed by atoms with E-state index in [1.54, 1.807) is 0 Å². The van der Waals surface area contributed by atoms with Crippen molar-refractivity contribution in [3.8, 4) is 5.75 Å². The van der Waals surface area contributed by atoms with Gasteiger partial charge in [0, 0.05) is 25.3 Å². The number of rotatable bonds is 10. The molecular weight excluding hydrogens is 390 g/mol. The second kappa shape index (κ2) is 12.3. The van der Waals surface area contributed by atoms with Gasteiger partial charge >= 0.3 is 0 Å². The van der Waals surface area contributed by atoms with Crippen molar-refractivity contribution in [2.75, 3.05) is 44.7 Å². The number of nitrogens with one attached hydrogen (secondary N) is 1. The number of aryl methyl sites for hydroxylation is 1. The minimum absolute atomic E-state index is 0.770. The van der Waals surface area contributed by atoms with Crippen LogP contribution < -0.4 is 15.0 Å². The van der Waals surface area contributed by atoms with E-state index in [1.165, 1.54) is 43.4 Å². The van der Waals surface area contributed by atoms with Crippen LogP contribution in [0.25, 0.3) is 0 Å². The fraction of sp³-hybridized carbons (Fsp3) is 0.640. The number of anilines is 1. The quantitative estimate of drug-likeness (QED) is 0.315. The molecule has 30 heavy (non-hydrogen) atoms. The van der Waals surface area contributed by atoms with Crippen molar-refractivity contribution >= 4 is 23.0 Å². The van der Waals surface area contributed by atoms with Gasteiger partial charge in [0.1, 0.15) is 5.75 Å². The molecule has 166 valence electrons. The maximum absolute atomic E-state index is 6.03. The largest absolute Gasteiger partial charge is 0.494 e. The Labute approximate surface area is 188 Å². The van der Waals surface area contributed by atoms with Crippen molar-refractivity contribution in [3.63, 3.8) is 0 Å². The number of fused-ring (bicyclic) bond motifs is 1. The predicted molar refractivity (Wildman–Crippen MR) is 132 cm³/mol. The summed E-state index contributed by atoms with van der Waals surface area (Å²) in [5, 5.41) is 4.45. The van der Waals surface area contributed by atoms with Gasteiger partial charge in [0.05, 0.1) is 6.61 Å². The zero-order valence-electron chi connectivity index (χ0n) is 18.7. The first kappa shape index (κ1) is 23.1. The van der Waals surface area contributed by atoms with Gasteiger partial charge in [-0.3, -0.25) is 0 Å². The second-order valence-electron chi connectivity index (χ2n) is 8.84. The molecule has 5 heteroatoms. The van der Waals surface area contributed by atoms with Gasteiger partial charge in [-0.25, -0.2) is 0 Å². The number of likely N-dealkylation sites (N-methyl/N-ethyl adjacent to an activating group) is 1. The Kier molecular flexibility index (Phi) is 9.47. The van der Waals surface area contributed by atoms with Crippen LogP contribution in [-0.2, 0) is 6.42 Å². The molecule has 0 amide bonds. The lowest BCUT2D eigenvalue weighted by molar-refractivity contribution is 0.287. The van der Waals surface area contributed by atoms with Crippen LogP contribution in [0.4, 0.5) is 5.69 Å². The van der Waals surface area contributed by atoms with E-state index in [-0.39, 0.29) is 0 Å². The zero-order chi connectivity index (χ0) is 21.2. The van der Waals surface area contributed by atoms with Crippen LogP contribution in [-0.4, -0.2) is 49.8 Å². The fourth-order valence-electron chi connectivity index (χ4n) is 4.58. The molecule has 1 N–H and O–H groups in total. The van der Waals surface area contributed by atoms with Crippen molar-refractivity contribution in [3.05, 3.63) is 36.4 Å². The van der Waals surface area contributed by atoms with Crippen molar-refractivity contribution in [2.45, 2.75) is 57.8 Å².